The molecule has 9 heteroatoms. The van der Waals surface area contributed by atoms with E-state index in [2.05, 4.69) is 10.1 Å². The molecule has 0 bridgehead atoms. The Morgan fingerprint density at radius 1 is 1.38 bits per heavy atom. The highest BCUT2D eigenvalue weighted by Gasteiger charge is 2.34. The van der Waals surface area contributed by atoms with Crippen LogP contribution in [0.1, 0.15) is 4.88 Å². The number of thiophene rings is 1. The molecular formula is C17H16F2N2O4S. The normalized spacial score (nSPS) is 17.4. The number of amides is 2. The number of hydrogen-bond acceptors (Lipinski definition) is 5. The largest absolute Gasteiger partial charge is 0.435 e. The zero-order valence-corrected chi connectivity index (χ0v) is 14.4. The maximum absolute atomic E-state index is 12.6. The van der Waals surface area contributed by atoms with Crippen molar-refractivity contribution in [3.05, 3.63) is 46.7 Å². The van der Waals surface area contributed by atoms with Crippen molar-refractivity contribution in [2.24, 2.45) is 0 Å². The number of halogens is 2. The molecule has 1 aliphatic rings. The Kier molecular flexibility index (Phi) is 5.79. The zero-order chi connectivity index (χ0) is 18.5. The molecule has 1 atom stereocenters. The van der Waals surface area contributed by atoms with E-state index >= 15 is 0 Å². The number of alkyl halides is 2. The molecule has 2 aromatic rings. The number of anilines is 1. The predicted molar refractivity (Wildman–Crippen MR) is 91.2 cm³/mol. The van der Waals surface area contributed by atoms with Crippen molar-refractivity contribution >= 4 is 28.8 Å². The molecule has 1 aromatic carbocycles. The van der Waals surface area contributed by atoms with Crippen molar-refractivity contribution in [3.63, 3.8) is 0 Å². The molecule has 0 saturated carbocycles. The molecular weight excluding hydrogens is 366 g/mol. The van der Waals surface area contributed by atoms with Gasteiger partial charge in [0, 0.05) is 16.6 Å². The van der Waals surface area contributed by atoms with Crippen LogP contribution >= 0.6 is 11.3 Å². The Bertz CT molecular complexity index is 770. The first kappa shape index (κ1) is 18.3. The Morgan fingerprint density at radius 3 is 2.96 bits per heavy atom. The molecule has 1 aromatic heterocycles. The minimum Gasteiger partial charge on any atom is -0.435 e. The van der Waals surface area contributed by atoms with Crippen LogP contribution in [-0.4, -0.2) is 42.6 Å². The average molecular weight is 382 g/mol. The minimum atomic E-state index is -2.95. The van der Waals surface area contributed by atoms with E-state index in [-0.39, 0.29) is 24.9 Å². The van der Waals surface area contributed by atoms with E-state index in [1.54, 1.807) is 6.07 Å². The van der Waals surface area contributed by atoms with Gasteiger partial charge in [0.25, 0.3) is 0 Å². The van der Waals surface area contributed by atoms with Gasteiger partial charge in [0.1, 0.15) is 18.4 Å². The maximum atomic E-state index is 12.6. The van der Waals surface area contributed by atoms with Crippen molar-refractivity contribution in [2.45, 2.75) is 19.2 Å². The van der Waals surface area contributed by atoms with Gasteiger partial charge in [0.2, 0.25) is 11.8 Å². The number of carbonyl (C=O) groups excluding carboxylic acids is 2. The fourth-order valence-corrected chi connectivity index (χ4v) is 3.27. The second-order valence-electron chi connectivity index (χ2n) is 5.53. The summed E-state index contributed by atoms with van der Waals surface area (Å²) in [6.07, 6.45) is 0. The number of hydrogen-bond donors (Lipinski definition) is 1. The summed E-state index contributed by atoms with van der Waals surface area (Å²) in [6.45, 7) is -2.65. The minimum absolute atomic E-state index is 0.0655. The van der Waals surface area contributed by atoms with Crippen molar-refractivity contribution in [1.29, 1.82) is 0 Å². The molecule has 138 valence electrons. The summed E-state index contributed by atoms with van der Waals surface area (Å²) in [6, 6.07) is 8.63. The van der Waals surface area contributed by atoms with Gasteiger partial charge in [-0.1, -0.05) is 12.1 Å². The van der Waals surface area contributed by atoms with Gasteiger partial charge in [-0.05, 0) is 23.6 Å². The third kappa shape index (κ3) is 4.55. The van der Waals surface area contributed by atoms with Gasteiger partial charge >= 0.3 is 6.61 Å². The van der Waals surface area contributed by atoms with Crippen LogP contribution in [0.25, 0.3) is 0 Å². The Balaban J connectivity index is 1.71. The SMILES string of the molecule is O=C(Nc1cccc(OC(F)F)c1)[C@H]1COCC(=O)N1Cc1cccs1. The Hall–Kier alpha value is -2.52. The highest BCUT2D eigenvalue weighted by Crippen LogP contribution is 2.21. The molecule has 1 saturated heterocycles. The van der Waals surface area contributed by atoms with Crippen LogP contribution in [0, 0.1) is 0 Å². The van der Waals surface area contributed by atoms with Crippen LogP contribution in [0.2, 0.25) is 0 Å². The van der Waals surface area contributed by atoms with Crippen LogP contribution in [0.15, 0.2) is 41.8 Å². The lowest BCUT2D eigenvalue weighted by Gasteiger charge is -2.34. The standard InChI is InChI=1S/C17H16F2N2O4S/c18-17(19)25-12-4-1-3-11(7-12)20-16(23)14-9-24-10-15(22)21(14)8-13-5-2-6-26-13/h1-7,14,17H,8-10H2,(H,20,23)/t14-/m1/s1. The van der Waals surface area contributed by atoms with Crippen molar-refractivity contribution < 1.29 is 27.8 Å². The van der Waals surface area contributed by atoms with Crippen LogP contribution in [0.4, 0.5) is 14.5 Å². The first-order valence-electron chi connectivity index (χ1n) is 7.78. The van der Waals surface area contributed by atoms with Crippen molar-refractivity contribution in [3.8, 4) is 5.75 Å². The van der Waals surface area contributed by atoms with Gasteiger partial charge in [0.15, 0.2) is 0 Å². The van der Waals surface area contributed by atoms with Crippen LogP contribution in [-0.2, 0) is 20.9 Å². The number of rotatable bonds is 6. The molecule has 3 rings (SSSR count). The van der Waals surface area contributed by atoms with Crippen molar-refractivity contribution in [1.82, 2.24) is 4.90 Å². The number of ether oxygens (including phenoxy) is 2. The van der Waals surface area contributed by atoms with E-state index in [1.807, 2.05) is 17.5 Å². The summed E-state index contributed by atoms with van der Waals surface area (Å²) in [4.78, 5) is 27.2. The molecule has 6 nitrogen and oxygen atoms in total. The van der Waals surface area contributed by atoms with Crippen molar-refractivity contribution in [2.75, 3.05) is 18.5 Å². The lowest BCUT2D eigenvalue weighted by Crippen LogP contribution is -2.54. The van der Waals surface area contributed by atoms with E-state index in [1.165, 1.54) is 34.4 Å². The fraction of sp³-hybridized carbons (Fsp3) is 0.294. The topological polar surface area (TPSA) is 67.9 Å². The van der Waals surface area contributed by atoms with Gasteiger partial charge in [-0.2, -0.15) is 8.78 Å². The first-order valence-corrected chi connectivity index (χ1v) is 8.66. The van der Waals surface area contributed by atoms with E-state index in [0.717, 1.165) is 4.88 Å². The van der Waals surface area contributed by atoms with Crippen LogP contribution in [0.3, 0.4) is 0 Å². The highest BCUT2D eigenvalue weighted by atomic mass is 32.1. The molecule has 0 unspecified atom stereocenters. The monoisotopic (exact) mass is 382 g/mol. The number of carbonyl (C=O) groups is 2. The van der Waals surface area contributed by atoms with Crippen LogP contribution in [0.5, 0.6) is 5.75 Å². The lowest BCUT2D eigenvalue weighted by molar-refractivity contribution is -0.153. The summed E-state index contributed by atoms with van der Waals surface area (Å²) in [7, 11) is 0. The van der Waals surface area contributed by atoms with Gasteiger partial charge in [-0.15, -0.1) is 11.3 Å². The van der Waals surface area contributed by atoms with E-state index < -0.39 is 18.6 Å². The third-order valence-electron chi connectivity index (χ3n) is 3.73. The molecule has 1 fully saturated rings. The quantitative estimate of drug-likeness (QED) is 0.834. The molecule has 2 heterocycles. The first-order chi connectivity index (χ1) is 12.5. The summed E-state index contributed by atoms with van der Waals surface area (Å²) in [5.41, 5.74) is 0.294. The lowest BCUT2D eigenvalue weighted by atomic mass is 10.2. The van der Waals surface area contributed by atoms with Gasteiger partial charge < -0.3 is 19.7 Å². The second kappa shape index (κ2) is 8.24. The number of nitrogens with one attached hydrogen (secondary N) is 1. The van der Waals surface area contributed by atoms with Gasteiger partial charge in [0.05, 0.1) is 13.2 Å². The molecule has 2 amide bonds. The van der Waals surface area contributed by atoms with Crippen LogP contribution < -0.4 is 10.1 Å². The zero-order valence-electron chi connectivity index (χ0n) is 13.6. The molecule has 1 aliphatic heterocycles. The Morgan fingerprint density at radius 2 is 2.23 bits per heavy atom. The summed E-state index contributed by atoms with van der Waals surface area (Å²) < 4.78 is 34.1. The van der Waals surface area contributed by atoms with Gasteiger partial charge in [-0.25, -0.2) is 0 Å². The predicted octanol–water partition coefficient (Wildman–Crippen LogP) is 2.72. The van der Waals surface area contributed by atoms with E-state index in [9.17, 15) is 18.4 Å². The second-order valence-corrected chi connectivity index (χ2v) is 6.56. The Labute approximate surface area is 152 Å². The molecule has 0 aliphatic carbocycles. The molecule has 0 radical (unpaired) electrons. The molecule has 0 spiro atoms. The van der Waals surface area contributed by atoms with E-state index in [4.69, 9.17) is 4.74 Å². The summed E-state index contributed by atoms with van der Waals surface area (Å²) >= 11 is 1.49. The van der Waals surface area contributed by atoms with E-state index in [0.29, 0.717) is 12.2 Å². The summed E-state index contributed by atoms with van der Waals surface area (Å²) in [5.74, 6) is -0.799. The average Bonchev–Trinajstić information content (AvgIpc) is 3.09. The fourth-order valence-electron chi connectivity index (χ4n) is 2.57. The maximum Gasteiger partial charge on any atom is 0.387 e. The molecule has 26 heavy (non-hydrogen) atoms. The number of benzene rings is 1. The smallest absolute Gasteiger partial charge is 0.387 e. The highest BCUT2D eigenvalue weighted by molar-refractivity contribution is 7.09. The molecule has 1 N–H and O–H groups in total. The number of morpholine rings is 1. The van der Waals surface area contributed by atoms with Gasteiger partial charge in [-0.3, -0.25) is 9.59 Å². The third-order valence-corrected chi connectivity index (χ3v) is 4.59. The summed E-state index contributed by atoms with van der Waals surface area (Å²) in [5, 5.41) is 4.51. The number of nitrogens with zero attached hydrogens (tertiary/aromatic N) is 1.